The van der Waals surface area contributed by atoms with Gasteiger partial charge in [-0.1, -0.05) is 117 Å². The number of rotatable bonds is 9. The second kappa shape index (κ2) is 20.6. The molecule has 6 saturated carbocycles. The maximum absolute atomic E-state index is 2.62. The summed E-state index contributed by atoms with van der Waals surface area (Å²) in [5.74, 6) is 1.69. The van der Waals surface area contributed by atoms with E-state index in [0.29, 0.717) is 6.04 Å². The Morgan fingerprint density at radius 3 is 1.34 bits per heavy atom. The Labute approximate surface area is 305 Å². The zero-order valence-corrected chi connectivity index (χ0v) is 32.5. The standard InChI is InChI=1S/C38H58NP2.C5H5.Fe/c1-39(2)38(35-27-17-29-37(35)41(32-22-11-5-12-23-32)33-24-13-6-14-25-33)34-26-15-16-28-36(34)40(30-18-7-3-8-19-30)31-20-9-4-10-21-31;1-2-4-5-3-1;/h15-17,26-33,38H,3-14,18-25H2,1-2H3;1-5H;/q;;+2/t38-;;/m0../s1. The van der Waals surface area contributed by atoms with Crippen LogP contribution in [0.3, 0.4) is 0 Å². The topological polar surface area (TPSA) is 3.24 Å². The van der Waals surface area contributed by atoms with E-state index in [1.165, 1.54) is 128 Å². The van der Waals surface area contributed by atoms with Crippen LogP contribution in [0.1, 0.15) is 140 Å². The number of benzene rings is 1. The molecule has 10 radical (unpaired) electrons. The maximum Gasteiger partial charge on any atom is 2.00 e. The third-order valence-corrected chi connectivity index (χ3v) is 19.0. The quantitative estimate of drug-likeness (QED) is 0.182. The third kappa shape index (κ3) is 10.3. The van der Waals surface area contributed by atoms with Crippen molar-refractivity contribution in [1.29, 1.82) is 0 Å². The minimum Gasteiger partial charge on any atom is -0.302 e. The zero-order valence-electron chi connectivity index (χ0n) is 29.7. The van der Waals surface area contributed by atoms with Crippen molar-refractivity contribution in [1.82, 2.24) is 4.90 Å². The molecule has 0 amide bonds. The molecular weight excluding hydrogens is 648 g/mol. The third-order valence-electron chi connectivity index (χ3n) is 11.9. The molecule has 1 aromatic carbocycles. The van der Waals surface area contributed by atoms with Gasteiger partial charge in [0.2, 0.25) is 0 Å². The first-order valence-electron chi connectivity index (χ1n) is 19.5. The number of nitrogens with zero attached hydrogens (tertiary/aromatic N) is 1. The van der Waals surface area contributed by atoms with E-state index in [2.05, 4.69) is 62.5 Å². The molecule has 1 nitrogen and oxygen atoms in total. The first-order valence-corrected chi connectivity index (χ1v) is 22.4. The first-order chi connectivity index (χ1) is 22.7. The summed E-state index contributed by atoms with van der Waals surface area (Å²) >= 11 is 0. The summed E-state index contributed by atoms with van der Waals surface area (Å²) in [6.45, 7) is 0. The van der Waals surface area contributed by atoms with Crippen LogP contribution in [-0.2, 0) is 17.1 Å². The first kappa shape index (κ1) is 38.8. The summed E-state index contributed by atoms with van der Waals surface area (Å²) in [6.07, 6.45) is 47.2. The Morgan fingerprint density at radius 2 is 0.915 bits per heavy atom. The van der Waals surface area contributed by atoms with Crippen molar-refractivity contribution in [2.75, 3.05) is 14.1 Å². The predicted molar refractivity (Wildman–Crippen MR) is 205 cm³/mol. The van der Waals surface area contributed by atoms with Gasteiger partial charge in [0.25, 0.3) is 0 Å². The van der Waals surface area contributed by atoms with Gasteiger partial charge in [0.1, 0.15) is 0 Å². The van der Waals surface area contributed by atoms with Crippen molar-refractivity contribution >= 4 is 21.1 Å². The van der Waals surface area contributed by atoms with Gasteiger partial charge < -0.3 is 4.90 Å². The van der Waals surface area contributed by atoms with Gasteiger partial charge >= 0.3 is 17.1 Å². The molecule has 0 bridgehead atoms. The van der Waals surface area contributed by atoms with Gasteiger partial charge in [0.15, 0.2) is 0 Å². The Morgan fingerprint density at radius 1 is 0.511 bits per heavy atom. The van der Waals surface area contributed by atoms with Crippen LogP contribution in [0.2, 0.25) is 0 Å². The molecule has 0 saturated heterocycles. The molecule has 6 aliphatic carbocycles. The van der Waals surface area contributed by atoms with E-state index in [-0.39, 0.29) is 32.9 Å². The molecule has 0 unspecified atom stereocenters. The predicted octanol–water partition coefficient (Wildman–Crippen LogP) is 12.0. The molecule has 47 heavy (non-hydrogen) atoms. The number of hydrogen-bond donors (Lipinski definition) is 0. The smallest absolute Gasteiger partial charge is 0.302 e. The fraction of sp³-hybridized carbons (Fsp3) is 0.628. The maximum atomic E-state index is 2.62. The normalized spacial score (nSPS) is 25.6. The van der Waals surface area contributed by atoms with Gasteiger partial charge in [-0.25, -0.2) is 0 Å². The van der Waals surface area contributed by atoms with Gasteiger partial charge in [0, 0.05) is 17.6 Å². The van der Waals surface area contributed by atoms with Gasteiger partial charge in [-0.15, -0.1) is 0 Å². The van der Waals surface area contributed by atoms with E-state index in [4.69, 9.17) is 0 Å². The van der Waals surface area contributed by atoms with E-state index >= 15 is 0 Å². The van der Waals surface area contributed by atoms with E-state index in [1.54, 1.807) is 16.8 Å². The van der Waals surface area contributed by atoms with Crippen LogP contribution in [0.25, 0.3) is 0 Å². The molecule has 6 fully saturated rings. The fourth-order valence-electron chi connectivity index (χ4n) is 9.71. The minimum atomic E-state index is -0.117. The van der Waals surface area contributed by atoms with Crippen LogP contribution < -0.4 is 5.30 Å². The Balaban J connectivity index is 0.000000662. The summed E-state index contributed by atoms with van der Waals surface area (Å²) in [5.41, 5.74) is 7.31. The van der Waals surface area contributed by atoms with Crippen LogP contribution in [0.4, 0.5) is 0 Å². The summed E-state index contributed by atoms with van der Waals surface area (Å²) in [7, 11) is 4.55. The molecule has 6 aliphatic rings. The second-order valence-electron chi connectivity index (χ2n) is 15.2. The van der Waals surface area contributed by atoms with Crippen molar-refractivity contribution in [3.63, 3.8) is 0 Å². The monoisotopic (exact) mass is 711 g/mol. The Hall–Kier alpha value is 0.559. The largest absolute Gasteiger partial charge is 2.00 e. The van der Waals surface area contributed by atoms with Crippen LogP contribution in [0.5, 0.6) is 0 Å². The summed E-state index contributed by atoms with van der Waals surface area (Å²) in [4.78, 5) is 2.60. The molecule has 0 heterocycles. The van der Waals surface area contributed by atoms with Crippen LogP contribution >= 0.6 is 15.8 Å². The fourth-order valence-corrected chi connectivity index (χ4v) is 17.7. The average molecular weight is 712 g/mol. The van der Waals surface area contributed by atoms with Gasteiger partial charge in [-0.3, -0.25) is 0 Å². The molecular formula is C43H63FeNP2+2. The van der Waals surface area contributed by atoms with E-state index in [9.17, 15) is 0 Å². The van der Waals surface area contributed by atoms with Gasteiger partial charge in [-0.05, 0) is 150 Å². The molecule has 0 spiro atoms. The van der Waals surface area contributed by atoms with E-state index < -0.39 is 0 Å². The summed E-state index contributed by atoms with van der Waals surface area (Å²) in [5, 5.41) is 1.80. The summed E-state index contributed by atoms with van der Waals surface area (Å²) < 4.78 is 0. The average Bonchev–Trinajstić information content (AvgIpc) is 3.85. The van der Waals surface area contributed by atoms with Crippen molar-refractivity contribution in [2.45, 2.75) is 157 Å². The van der Waals surface area contributed by atoms with Crippen LogP contribution in [0, 0.1) is 62.9 Å². The molecule has 0 aliphatic heterocycles. The van der Waals surface area contributed by atoms with Crippen molar-refractivity contribution in [2.24, 2.45) is 0 Å². The summed E-state index contributed by atoms with van der Waals surface area (Å²) in [6, 6.07) is 10.4. The Kier molecular flexibility index (Phi) is 17.0. The van der Waals surface area contributed by atoms with E-state index in [0.717, 1.165) is 22.6 Å². The second-order valence-corrected chi connectivity index (χ2v) is 20.7. The molecule has 1 aromatic rings. The Bertz CT molecular complexity index is 944. The van der Waals surface area contributed by atoms with E-state index in [1.807, 2.05) is 37.8 Å². The van der Waals surface area contributed by atoms with Crippen molar-refractivity contribution < 1.29 is 17.1 Å². The SMILES string of the molecule is CN(C)[C@H]([C]1[CH][CH][CH][C]1P(C1CCCCC1)C1CCCCC1)c1ccccc1P(C1CCCCC1)C1CCCCC1.[CH]1[CH][CH][CH][CH]1.[Fe+2]. The molecule has 4 heteroatoms. The van der Waals surface area contributed by atoms with Gasteiger partial charge in [0.05, 0.1) is 0 Å². The molecule has 7 rings (SSSR count). The van der Waals surface area contributed by atoms with Crippen molar-refractivity contribution in [3.8, 4) is 0 Å². The molecule has 0 N–H and O–H groups in total. The minimum absolute atomic E-state index is 0. The van der Waals surface area contributed by atoms with Gasteiger partial charge in [-0.2, -0.15) is 0 Å². The number of hydrogen-bond acceptors (Lipinski definition) is 1. The molecule has 256 valence electrons. The van der Waals surface area contributed by atoms with Crippen LogP contribution in [0.15, 0.2) is 24.3 Å². The molecule has 1 atom stereocenters. The van der Waals surface area contributed by atoms with Crippen molar-refractivity contribution in [3.05, 3.63) is 92.8 Å². The zero-order chi connectivity index (χ0) is 31.6. The van der Waals surface area contributed by atoms with Crippen LogP contribution in [-0.4, -0.2) is 41.6 Å². The molecule has 0 aromatic heterocycles.